The normalized spacial score (nSPS) is 9.78. The molecule has 38 heteroatoms. The molecule has 0 bridgehead atoms. The number of ether oxygens (including phenoxy) is 1. The number of halogens is 7. The minimum absolute atomic E-state index is 0. The zero-order chi connectivity index (χ0) is 63.4. The number of hydrogen-bond acceptors (Lipinski definition) is 21. The monoisotopic (exact) mass is 1370 g/mol. The fourth-order valence-electron chi connectivity index (χ4n) is 6.16. The first-order valence-electron chi connectivity index (χ1n) is 23.2. The topological polar surface area (TPSA) is 391 Å². The minimum atomic E-state index is -3.22. The van der Waals surface area contributed by atoms with Gasteiger partial charge in [-0.05, 0) is 88.2 Å². The molecule has 0 saturated carbocycles. The number of nitrogens with one attached hydrogen (secondary N) is 2. The van der Waals surface area contributed by atoms with E-state index in [0.717, 1.165) is 28.2 Å². The van der Waals surface area contributed by atoms with Gasteiger partial charge in [0.2, 0.25) is 5.95 Å². The van der Waals surface area contributed by atoms with Gasteiger partial charge in [0.05, 0.1) is 64.4 Å². The number of pyridine rings is 3. The smallest absolute Gasteiger partial charge is 0.870 e. The molecule has 9 rings (SSSR count). The van der Waals surface area contributed by atoms with Gasteiger partial charge in [-0.15, -0.1) is 0 Å². The van der Waals surface area contributed by atoms with E-state index in [1.165, 1.54) is 35.8 Å². The number of rotatable bonds is 10. The quantitative estimate of drug-likeness (QED) is 0.0287. The zero-order valence-corrected chi connectivity index (χ0v) is 52.7. The Morgan fingerprint density at radius 3 is 1.51 bits per heavy atom. The maximum absolute atomic E-state index is 12.3. The second-order valence-corrected chi connectivity index (χ2v) is 23.9. The van der Waals surface area contributed by atoms with E-state index < -0.39 is 16.1 Å². The van der Waals surface area contributed by atoms with Gasteiger partial charge in [0.25, 0.3) is 5.91 Å². The van der Waals surface area contributed by atoms with Crippen molar-refractivity contribution in [2.45, 2.75) is 48.5 Å². The van der Waals surface area contributed by atoms with Crippen molar-refractivity contribution < 1.29 is 77.2 Å². The van der Waals surface area contributed by atoms with E-state index in [0.29, 0.717) is 57.6 Å². The van der Waals surface area contributed by atoms with Gasteiger partial charge in [-0.25, -0.2) is 54.0 Å². The van der Waals surface area contributed by atoms with Crippen LogP contribution in [0.1, 0.15) is 68.3 Å². The molecule has 29 nitrogen and oxygen atoms in total. The number of esters is 1. The van der Waals surface area contributed by atoms with Crippen LogP contribution in [0.2, 0.25) is 20.1 Å². The largest absolute Gasteiger partial charge is 1.00 e. The third-order valence-electron chi connectivity index (χ3n) is 10.1. The number of aromatic carboxylic acids is 1. The Morgan fingerprint density at radius 2 is 1.14 bits per heavy atom. The Morgan fingerprint density at radius 1 is 0.693 bits per heavy atom. The molecule has 0 fully saturated rings. The molecule has 8 heterocycles. The Labute approximate surface area is 549 Å². The Balaban J connectivity index is -0.000000989. The van der Waals surface area contributed by atoms with E-state index in [2.05, 4.69) is 91.2 Å². The van der Waals surface area contributed by atoms with Crippen LogP contribution in [-0.4, -0.2) is 115 Å². The van der Waals surface area contributed by atoms with E-state index in [-0.39, 0.29) is 90.4 Å². The first-order chi connectivity index (χ1) is 39.6. The van der Waals surface area contributed by atoms with Crippen molar-refractivity contribution in [3.05, 3.63) is 145 Å². The first-order valence-corrected chi connectivity index (χ1v) is 29.1. The SMILES string of the molecule is C.C.CCOC(=O)/C(=C\Nc1nccn1C)CC.CCc1cnc2c(ncn2C)c1Cl.Cn1cnc2c(Cl)c(C(=O)Nc3ccc(Cl)cc3)cnc21.Cn1cnc2c(Cl)c(C(=O)O)cnc21.Cn1cncc1[N+](=O)[O-].O=C=O.O=C=O.O=P(Cl)(Cl)Cl.[Li+].[OH-]. The molecular formula is C50H57Cl7LiN16O13P. The Bertz CT molecular complexity index is 3820. The van der Waals surface area contributed by atoms with Crippen LogP contribution >= 0.6 is 85.3 Å². The first kappa shape index (κ1) is 84.6. The number of carboxylic acids is 1. The fraction of sp³-hybridized carbons (Fsp3) is 0.260. The van der Waals surface area contributed by atoms with E-state index >= 15 is 0 Å². The van der Waals surface area contributed by atoms with E-state index in [1.807, 2.05) is 49.6 Å². The number of carbonyl (C=O) groups excluding carboxylic acids is 6. The summed E-state index contributed by atoms with van der Waals surface area (Å²) in [6.45, 7) is 6.14. The number of nitro groups is 1. The summed E-state index contributed by atoms with van der Waals surface area (Å²) in [5.41, 5.74) is 6.26. The number of aromatic nitrogens is 13. The maximum Gasteiger partial charge on any atom is 1.00 e. The van der Waals surface area contributed by atoms with Crippen LogP contribution in [0.5, 0.6) is 0 Å². The Kier molecular flexibility index (Phi) is 40.7. The number of fused-ring (bicyclic) bond motifs is 3. The summed E-state index contributed by atoms with van der Waals surface area (Å²) in [5, 5.41) is 23.0. The van der Waals surface area contributed by atoms with Gasteiger partial charge in [0, 0.05) is 76.1 Å². The maximum atomic E-state index is 12.3. The molecule has 0 radical (unpaired) electrons. The summed E-state index contributed by atoms with van der Waals surface area (Å²) in [6.07, 6.45) is 19.1. The van der Waals surface area contributed by atoms with E-state index in [1.54, 1.807) is 79.5 Å². The molecule has 0 aliphatic carbocycles. The summed E-state index contributed by atoms with van der Waals surface area (Å²) < 4.78 is 22.9. The van der Waals surface area contributed by atoms with Crippen LogP contribution in [0.4, 0.5) is 17.5 Å². The zero-order valence-electron chi connectivity index (χ0n) is 46.5. The fourth-order valence-corrected chi connectivity index (χ4v) is 7.13. The van der Waals surface area contributed by atoms with Crippen molar-refractivity contribution in [1.29, 1.82) is 0 Å². The summed E-state index contributed by atoms with van der Waals surface area (Å²) in [5.74, 6) is -1.03. The average molecular weight is 1380 g/mol. The predicted molar refractivity (Wildman–Crippen MR) is 329 cm³/mol. The number of imidazole rings is 5. The number of amides is 1. The van der Waals surface area contributed by atoms with Crippen molar-refractivity contribution in [2.24, 2.45) is 35.2 Å². The molecule has 88 heavy (non-hydrogen) atoms. The van der Waals surface area contributed by atoms with E-state index in [9.17, 15) is 29.1 Å². The van der Waals surface area contributed by atoms with Gasteiger partial charge in [-0.2, -0.15) is 19.2 Å². The summed E-state index contributed by atoms with van der Waals surface area (Å²) in [4.78, 5) is 109. The Hall–Kier alpha value is -7.57. The molecule has 9 aromatic rings. The third-order valence-corrected chi connectivity index (χ3v) is 11.6. The van der Waals surface area contributed by atoms with Crippen molar-refractivity contribution >= 4 is 166 Å². The van der Waals surface area contributed by atoms with Crippen molar-refractivity contribution in [3.8, 4) is 0 Å². The molecule has 470 valence electrons. The molecule has 0 aliphatic rings. The molecule has 4 N–H and O–H groups in total. The molecule has 0 saturated heterocycles. The van der Waals surface area contributed by atoms with Crippen molar-refractivity contribution in [2.75, 3.05) is 17.2 Å². The van der Waals surface area contributed by atoms with Gasteiger partial charge >= 0.3 is 54.1 Å². The van der Waals surface area contributed by atoms with Crippen molar-refractivity contribution in [1.82, 2.24) is 62.7 Å². The summed E-state index contributed by atoms with van der Waals surface area (Å²) in [6, 6.07) is 6.81. The van der Waals surface area contributed by atoms with Crippen LogP contribution in [0.3, 0.4) is 0 Å². The van der Waals surface area contributed by atoms with Gasteiger partial charge in [0.1, 0.15) is 22.7 Å². The molecule has 1 aromatic carbocycles. The molecule has 1 amide bonds. The summed E-state index contributed by atoms with van der Waals surface area (Å²) in [7, 11) is 8.93. The molecule has 0 aliphatic heterocycles. The van der Waals surface area contributed by atoms with Crippen LogP contribution in [0.25, 0.3) is 33.5 Å². The van der Waals surface area contributed by atoms with Crippen molar-refractivity contribution in [3.63, 3.8) is 0 Å². The molecule has 0 unspecified atom stereocenters. The molecule has 8 aromatic heterocycles. The average Bonchev–Trinajstić information content (AvgIpc) is 2.72. The number of nitrogens with zero attached hydrogens (tertiary/aromatic N) is 14. The number of aryl methyl sites for hydroxylation is 6. The summed E-state index contributed by atoms with van der Waals surface area (Å²) >= 11 is 37.9. The number of carbonyl (C=O) groups is 3. The second kappa shape index (κ2) is 42.3. The predicted octanol–water partition coefficient (Wildman–Crippen LogP) is 8.79. The van der Waals surface area contributed by atoms with E-state index in [4.69, 9.17) is 75.4 Å². The van der Waals surface area contributed by atoms with Gasteiger partial charge in [-0.3, -0.25) is 9.36 Å². The third kappa shape index (κ3) is 26.8. The van der Waals surface area contributed by atoms with Gasteiger partial charge in [-0.1, -0.05) is 75.1 Å². The standard InChI is InChI=1S/C14H10Cl2N4O.C11H17N3O2.C9H10ClN3.C8H6ClN3O2.C4H5N3O2.2CO2.2CH4.Cl3OP.Li.H2O/c1-20-7-18-12-11(16)10(6-17-13(12)20)14(21)19-9-4-2-8(15)3-5-9;1-4-9(10(15)16-5-2)8-13-11-12-6-7-14(11)3;1-3-6-4-11-9-8(7(6)10)12-5-13(9)2;1-12-3-11-6-5(9)4(8(13)14)2-10-7(6)12;1-6-3-5-2-4(6)7(8)9;2*2-1-3;;;1-5(2,3)4;;/h2-7H,1H3,(H,19,21);6-8H,4-5H2,1-3H3,(H,12,13);4-5H,3H2,1-2H3;2-3H,1H3,(H,13,14);2-3H,1H3;;;2*1H4;;;1H2/q;;;;;;;;;;+1;/p-1/b;9-8-;;;;;;;;;;. The molecular weight excluding hydrogens is 1320 g/mol. The van der Waals surface area contributed by atoms with Crippen LogP contribution in [0.15, 0.2) is 98.5 Å². The van der Waals surface area contributed by atoms with Crippen LogP contribution in [-0.2, 0) is 74.9 Å². The van der Waals surface area contributed by atoms with Crippen LogP contribution in [0, 0.1) is 10.1 Å². The minimum Gasteiger partial charge on any atom is -0.870 e. The molecule has 0 atom stereocenters. The number of hydrogen-bond donors (Lipinski definition) is 3. The number of anilines is 2. The van der Waals surface area contributed by atoms with Gasteiger partial charge in [0.15, 0.2) is 23.3 Å². The number of carboxylic acid groups (broad SMARTS) is 1. The van der Waals surface area contributed by atoms with Gasteiger partial charge < -0.3 is 54.3 Å². The second-order valence-electron chi connectivity index (χ2n) is 15.7. The molecule has 0 spiro atoms. The number of benzene rings is 1. The van der Waals surface area contributed by atoms with Crippen LogP contribution < -0.4 is 29.5 Å².